The zero-order valence-electron chi connectivity index (χ0n) is 5.69. The molecule has 0 aliphatic heterocycles. The van der Waals surface area contributed by atoms with Crippen LogP contribution >= 0.6 is 0 Å². The smallest absolute Gasteiger partial charge is 0.257 e. The van der Waals surface area contributed by atoms with E-state index in [2.05, 4.69) is 5.16 Å². The fraction of sp³-hybridized carbons (Fsp3) is 0. The van der Waals surface area contributed by atoms with Gasteiger partial charge in [0.05, 0.1) is 0 Å². The maximum Gasteiger partial charge on any atom is 0.257 e. The van der Waals surface area contributed by atoms with E-state index >= 15 is 0 Å². The van der Waals surface area contributed by atoms with Crippen molar-refractivity contribution in [2.45, 2.75) is 0 Å². The molecule has 0 spiro atoms. The zero-order valence-corrected chi connectivity index (χ0v) is 5.69. The van der Waals surface area contributed by atoms with Crippen molar-refractivity contribution >= 4 is 12.0 Å². The Morgan fingerprint density at radius 3 is 2.45 bits per heavy atom. The number of benzene rings is 1. The monoisotopic (exact) mass is 148 g/mol. The third-order valence-corrected chi connectivity index (χ3v) is 1.24. The van der Waals surface area contributed by atoms with Gasteiger partial charge >= 0.3 is 0 Å². The summed E-state index contributed by atoms with van der Waals surface area (Å²) in [5.74, 6) is 0. The highest BCUT2D eigenvalue weighted by molar-refractivity contribution is 6.36. The molecule has 0 aliphatic carbocycles. The first-order valence-corrected chi connectivity index (χ1v) is 3.04. The standard InChI is InChI=1S/C8H6NO2/c10-6-8(9-11)7-4-2-1-3-5-7/h1-5,11H/b9-8+. The third kappa shape index (κ3) is 1.64. The summed E-state index contributed by atoms with van der Waals surface area (Å²) in [5.41, 5.74) is 0.482. The summed E-state index contributed by atoms with van der Waals surface area (Å²) in [6, 6.07) is 8.64. The van der Waals surface area contributed by atoms with Crippen LogP contribution in [0.3, 0.4) is 0 Å². The van der Waals surface area contributed by atoms with Crippen LogP contribution in [0, 0.1) is 0 Å². The number of nitrogens with zero attached hydrogens (tertiary/aromatic N) is 1. The van der Waals surface area contributed by atoms with E-state index in [0.29, 0.717) is 5.56 Å². The second-order valence-electron chi connectivity index (χ2n) is 1.92. The minimum Gasteiger partial charge on any atom is -0.410 e. The van der Waals surface area contributed by atoms with Crippen molar-refractivity contribution in [1.29, 1.82) is 0 Å². The van der Waals surface area contributed by atoms with Crippen molar-refractivity contribution in [3.05, 3.63) is 35.9 Å². The van der Waals surface area contributed by atoms with Crippen LogP contribution in [0.25, 0.3) is 0 Å². The minimum absolute atomic E-state index is 0.0781. The summed E-state index contributed by atoms with van der Waals surface area (Å²) < 4.78 is 0. The van der Waals surface area contributed by atoms with Gasteiger partial charge in [0.2, 0.25) is 0 Å². The lowest BCUT2D eigenvalue weighted by Gasteiger charge is -1.92. The molecule has 0 fully saturated rings. The van der Waals surface area contributed by atoms with Crippen molar-refractivity contribution in [3.63, 3.8) is 0 Å². The number of rotatable bonds is 2. The Balaban J connectivity index is 3.01. The first-order valence-electron chi connectivity index (χ1n) is 3.04. The molecule has 1 rings (SSSR count). The number of oxime groups is 1. The van der Waals surface area contributed by atoms with E-state index in [0.717, 1.165) is 0 Å². The Morgan fingerprint density at radius 2 is 2.00 bits per heavy atom. The fourth-order valence-electron chi connectivity index (χ4n) is 0.733. The van der Waals surface area contributed by atoms with Gasteiger partial charge in [0, 0.05) is 5.56 Å². The average molecular weight is 148 g/mol. The maximum absolute atomic E-state index is 10.1. The molecule has 0 bridgehead atoms. The first-order chi connectivity index (χ1) is 5.38. The van der Waals surface area contributed by atoms with Crippen LogP contribution in [0.4, 0.5) is 0 Å². The van der Waals surface area contributed by atoms with Gasteiger partial charge in [-0.2, -0.15) is 0 Å². The number of carbonyl (C=O) groups excluding carboxylic acids is 1. The van der Waals surface area contributed by atoms with Crippen LogP contribution in [0.1, 0.15) is 5.56 Å². The van der Waals surface area contributed by atoms with Crippen LogP contribution in [0.2, 0.25) is 0 Å². The SMILES string of the molecule is O=[C]/C(=N\O)c1ccccc1. The molecule has 1 N–H and O–H groups in total. The highest BCUT2D eigenvalue weighted by atomic mass is 16.4. The molecule has 55 valence electrons. The molecule has 0 amide bonds. The summed E-state index contributed by atoms with van der Waals surface area (Å²) in [4.78, 5) is 10.1. The lowest BCUT2D eigenvalue weighted by molar-refractivity contribution is 0.320. The largest absolute Gasteiger partial charge is 0.410 e. The molecule has 0 aliphatic rings. The second-order valence-corrected chi connectivity index (χ2v) is 1.92. The third-order valence-electron chi connectivity index (χ3n) is 1.24. The van der Waals surface area contributed by atoms with Crippen LogP contribution in [0.15, 0.2) is 35.5 Å². The Hall–Kier alpha value is -1.64. The van der Waals surface area contributed by atoms with Gasteiger partial charge in [-0.25, -0.2) is 0 Å². The molecule has 3 heteroatoms. The average Bonchev–Trinajstić information content (AvgIpc) is 2.09. The lowest BCUT2D eigenvalue weighted by Crippen LogP contribution is -2.00. The Labute approximate surface area is 64.0 Å². The summed E-state index contributed by atoms with van der Waals surface area (Å²) in [6.07, 6.45) is 1.52. The summed E-state index contributed by atoms with van der Waals surface area (Å²) >= 11 is 0. The van der Waals surface area contributed by atoms with E-state index in [1.54, 1.807) is 24.3 Å². The maximum atomic E-state index is 10.1. The van der Waals surface area contributed by atoms with Crippen molar-refractivity contribution in [1.82, 2.24) is 0 Å². The van der Waals surface area contributed by atoms with Gasteiger partial charge in [0.1, 0.15) is 0 Å². The molecule has 0 saturated carbocycles. The van der Waals surface area contributed by atoms with Crippen LogP contribution in [-0.4, -0.2) is 17.2 Å². The quantitative estimate of drug-likeness (QED) is 0.386. The minimum atomic E-state index is -0.0781. The van der Waals surface area contributed by atoms with Crippen LogP contribution in [0.5, 0.6) is 0 Å². The molecule has 0 saturated heterocycles. The molecule has 0 unspecified atom stereocenters. The molecule has 1 aromatic carbocycles. The normalized spacial score (nSPS) is 11.1. The van der Waals surface area contributed by atoms with Crippen LogP contribution in [-0.2, 0) is 4.79 Å². The highest BCUT2D eigenvalue weighted by Gasteiger charge is 2.00. The van der Waals surface area contributed by atoms with E-state index in [9.17, 15) is 4.79 Å². The van der Waals surface area contributed by atoms with Crippen molar-refractivity contribution in [2.24, 2.45) is 5.16 Å². The van der Waals surface area contributed by atoms with Gasteiger partial charge in [0.25, 0.3) is 6.29 Å². The first kappa shape index (κ1) is 7.47. The predicted molar refractivity (Wildman–Crippen MR) is 40.5 cm³/mol. The van der Waals surface area contributed by atoms with Gasteiger partial charge in [-0.05, 0) is 0 Å². The van der Waals surface area contributed by atoms with Crippen molar-refractivity contribution in [2.75, 3.05) is 0 Å². The summed E-state index contributed by atoms with van der Waals surface area (Å²) in [6.45, 7) is 0. The van der Waals surface area contributed by atoms with Crippen molar-refractivity contribution < 1.29 is 10.0 Å². The zero-order chi connectivity index (χ0) is 8.10. The van der Waals surface area contributed by atoms with E-state index in [4.69, 9.17) is 5.21 Å². The van der Waals surface area contributed by atoms with Crippen molar-refractivity contribution in [3.8, 4) is 0 Å². The van der Waals surface area contributed by atoms with Gasteiger partial charge in [-0.1, -0.05) is 35.5 Å². The van der Waals surface area contributed by atoms with E-state index in [1.165, 1.54) is 6.29 Å². The molecule has 1 radical (unpaired) electrons. The van der Waals surface area contributed by atoms with Gasteiger partial charge in [-0.3, -0.25) is 4.79 Å². The molecule has 1 aromatic rings. The summed E-state index contributed by atoms with van der Waals surface area (Å²) in [7, 11) is 0. The van der Waals surface area contributed by atoms with E-state index in [-0.39, 0.29) is 5.71 Å². The number of hydrogen-bond donors (Lipinski definition) is 1. The fourth-order valence-corrected chi connectivity index (χ4v) is 0.733. The Bertz CT molecular complexity index is 267. The molecular formula is C8H6NO2. The topological polar surface area (TPSA) is 49.7 Å². The second kappa shape index (κ2) is 3.51. The Morgan fingerprint density at radius 1 is 1.36 bits per heavy atom. The lowest BCUT2D eigenvalue weighted by atomic mass is 10.1. The summed E-state index contributed by atoms with van der Waals surface area (Å²) in [5, 5.41) is 11.1. The molecular weight excluding hydrogens is 142 g/mol. The molecule has 11 heavy (non-hydrogen) atoms. The molecule has 0 aromatic heterocycles. The van der Waals surface area contributed by atoms with Crippen LogP contribution < -0.4 is 0 Å². The van der Waals surface area contributed by atoms with E-state index in [1.807, 2.05) is 6.07 Å². The molecule has 0 atom stereocenters. The molecule has 3 nitrogen and oxygen atoms in total. The van der Waals surface area contributed by atoms with E-state index < -0.39 is 0 Å². The highest BCUT2D eigenvalue weighted by Crippen LogP contribution is 1.98. The number of hydrogen-bond acceptors (Lipinski definition) is 3. The molecule has 0 heterocycles. The Kier molecular flexibility index (Phi) is 2.38. The van der Waals surface area contributed by atoms with Gasteiger partial charge in [0.15, 0.2) is 5.71 Å². The van der Waals surface area contributed by atoms with Gasteiger partial charge in [-0.15, -0.1) is 0 Å². The van der Waals surface area contributed by atoms with Gasteiger partial charge < -0.3 is 5.21 Å². The predicted octanol–water partition coefficient (Wildman–Crippen LogP) is 0.975.